The molecule has 0 aliphatic carbocycles. The Hall–Kier alpha value is -1.64. The van der Waals surface area contributed by atoms with Crippen LogP contribution in [0.15, 0.2) is 12.1 Å². The highest BCUT2D eigenvalue weighted by Gasteiger charge is 2.07. The first kappa shape index (κ1) is 10.9. The fourth-order valence-corrected chi connectivity index (χ4v) is 1.85. The van der Waals surface area contributed by atoms with Crippen LogP contribution in [-0.4, -0.2) is 17.1 Å². The predicted octanol–water partition coefficient (Wildman–Crippen LogP) is 2.82. The SMILES string of the molecule is CCc1nc(C)c2cc(OC)c(C)cc2n1. The highest BCUT2D eigenvalue weighted by atomic mass is 16.5. The standard InChI is InChI=1S/C13H16N2O/c1-5-13-14-9(3)10-7-12(16-4)8(2)6-11(10)15-13/h6-7H,5H2,1-4H3. The lowest BCUT2D eigenvalue weighted by molar-refractivity contribution is 0.412. The normalized spacial score (nSPS) is 10.8. The van der Waals surface area contributed by atoms with Crippen LogP contribution in [0.3, 0.4) is 0 Å². The summed E-state index contributed by atoms with van der Waals surface area (Å²) in [7, 11) is 1.69. The number of hydrogen-bond acceptors (Lipinski definition) is 3. The van der Waals surface area contributed by atoms with Crippen LogP contribution in [0.5, 0.6) is 5.75 Å². The lowest BCUT2D eigenvalue weighted by Crippen LogP contribution is -1.98. The van der Waals surface area contributed by atoms with Crippen molar-refractivity contribution in [2.24, 2.45) is 0 Å². The zero-order valence-corrected chi connectivity index (χ0v) is 10.2. The summed E-state index contributed by atoms with van der Waals surface area (Å²) in [5.74, 6) is 1.79. The van der Waals surface area contributed by atoms with Crippen LogP contribution in [0.2, 0.25) is 0 Å². The molecular weight excluding hydrogens is 200 g/mol. The van der Waals surface area contributed by atoms with Gasteiger partial charge in [-0.05, 0) is 31.5 Å². The average molecular weight is 216 g/mol. The zero-order chi connectivity index (χ0) is 11.7. The van der Waals surface area contributed by atoms with Crippen molar-refractivity contribution in [1.29, 1.82) is 0 Å². The molecule has 1 aromatic carbocycles. The molecule has 0 aliphatic heterocycles. The molecule has 2 aromatic rings. The first-order chi connectivity index (χ1) is 7.65. The summed E-state index contributed by atoms with van der Waals surface area (Å²) >= 11 is 0. The number of aryl methyl sites for hydroxylation is 3. The van der Waals surface area contributed by atoms with Gasteiger partial charge in [0, 0.05) is 17.5 Å². The maximum absolute atomic E-state index is 5.31. The van der Waals surface area contributed by atoms with E-state index in [0.29, 0.717) is 0 Å². The van der Waals surface area contributed by atoms with Gasteiger partial charge >= 0.3 is 0 Å². The molecule has 0 aliphatic rings. The second-order valence-corrected chi connectivity index (χ2v) is 3.92. The summed E-state index contributed by atoms with van der Waals surface area (Å²) in [6.45, 7) is 6.11. The summed E-state index contributed by atoms with van der Waals surface area (Å²) in [5, 5.41) is 1.07. The van der Waals surface area contributed by atoms with Crippen LogP contribution in [0.1, 0.15) is 24.0 Å². The van der Waals surface area contributed by atoms with E-state index in [2.05, 4.69) is 23.0 Å². The maximum atomic E-state index is 5.31. The van der Waals surface area contributed by atoms with Gasteiger partial charge in [0.1, 0.15) is 11.6 Å². The Balaban J connectivity index is 2.75. The topological polar surface area (TPSA) is 35.0 Å². The maximum Gasteiger partial charge on any atom is 0.129 e. The molecule has 3 heteroatoms. The van der Waals surface area contributed by atoms with Gasteiger partial charge in [0.25, 0.3) is 0 Å². The van der Waals surface area contributed by atoms with E-state index in [1.807, 2.05) is 19.9 Å². The molecule has 0 saturated heterocycles. The number of hydrogen-bond donors (Lipinski definition) is 0. The second-order valence-electron chi connectivity index (χ2n) is 3.92. The Morgan fingerprint density at radius 1 is 1.19 bits per heavy atom. The Morgan fingerprint density at radius 3 is 2.56 bits per heavy atom. The van der Waals surface area contributed by atoms with Crippen LogP contribution < -0.4 is 4.74 Å². The molecule has 3 nitrogen and oxygen atoms in total. The Bertz CT molecular complexity index is 535. The van der Waals surface area contributed by atoms with Crippen molar-refractivity contribution in [3.05, 3.63) is 29.2 Å². The molecule has 16 heavy (non-hydrogen) atoms. The van der Waals surface area contributed by atoms with Crippen molar-refractivity contribution < 1.29 is 4.74 Å². The van der Waals surface area contributed by atoms with Crippen molar-refractivity contribution in [2.45, 2.75) is 27.2 Å². The fourth-order valence-electron chi connectivity index (χ4n) is 1.85. The zero-order valence-electron chi connectivity index (χ0n) is 10.2. The van der Waals surface area contributed by atoms with Crippen LogP contribution in [0.25, 0.3) is 10.9 Å². The van der Waals surface area contributed by atoms with Gasteiger partial charge in [0.05, 0.1) is 12.6 Å². The third-order valence-corrected chi connectivity index (χ3v) is 2.77. The van der Waals surface area contributed by atoms with Gasteiger partial charge in [-0.25, -0.2) is 9.97 Å². The van der Waals surface area contributed by atoms with Gasteiger partial charge in [-0.2, -0.15) is 0 Å². The molecule has 1 aromatic heterocycles. The second kappa shape index (κ2) is 4.08. The van der Waals surface area contributed by atoms with Crippen molar-refractivity contribution in [3.8, 4) is 5.75 Å². The highest BCUT2D eigenvalue weighted by molar-refractivity contribution is 5.83. The smallest absolute Gasteiger partial charge is 0.129 e. The van der Waals surface area contributed by atoms with Gasteiger partial charge in [-0.1, -0.05) is 6.92 Å². The molecule has 0 bridgehead atoms. The summed E-state index contributed by atoms with van der Waals surface area (Å²) in [4.78, 5) is 8.98. The molecule has 0 N–H and O–H groups in total. The quantitative estimate of drug-likeness (QED) is 0.774. The van der Waals surface area contributed by atoms with Crippen LogP contribution in [0.4, 0.5) is 0 Å². The summed E-state index contributed by atoms with van der Waals surface area (Å²) in [6, 6.07) is 4.07. The number of ether oxygens (including phenoxy) is 1. The van der Waals surface area contributed by atoms with E-state index < -0.39 is 0 Å². The molecule has 84 valence electrons. The number of benzene rings is 1. The van der Waals surface area contributed by atoms with E-state index >= 15 is 0 Å². The molecule has 0 atom stereocenters. The minimum atomic E-state index is 0.863. The number of aromatic nitrogens is 2. The minimum absolute atomic E-state index is 0.863. The molecule has 0 fully saturated rings. The summed E-state index contributed by atoms with van der Waals surface area (Å²) < 4.78 is 5.31. The first-order valence-corrected chi connectivity index (χ1v) is 5.47. The predicted molar refractivity (Wildman–Crippen MR) is 64.9 cm³/mol. The van der Waals surface area contributed by atoms with Crippen LogP contribution >= 0.6 is 0 Å². The van der Waals surface area contributed by atoms with E-state index in [-0.39, 0.29) is 0 Å². The summed E-state index contributed by atoms with van der Waals surface area (Å²) in [6.07, 6.45) is 0.863. The fraction of sp³-hybridized carbons (Fsp3) is 0.385. The molecule has 0 unspecified atom stereocenters. The van der Waals surface area contributed by atoms with E-state index in [1.54, 1.807) is 7.11 Å². The van der Waals surface area contributed by atoms with Crippen molar-refractivity contribution >= 4 is 10.9 Å². The molecule has 0 saturated carbocycles. The van der Waals surface area contributed by atoms with Gasteiger partial charge in [-0.3, -0.25) is 0 Å². The molecule has 0 spiro atoms. The van der Waals surface area contributed by atoms with Crippen molar-refractivity contribution in [1.82, 2.24) is 9.97 Å². The number of methoxy groups -OCH3 is 1. The number of nitrogens with zero attached hydrogens (tertiary/aromatic N) is 2. The van der Waals surface area contributed by atoms with Gasteiger partial charge in [0.2, 0.25) is 0 Å². The van der Waals surface area contributed by atoms with Crippen LogP contribution in [-0.2, 0) is 6.42 Å². The average Bonchev–Trinajstić information content (AvgIpc) is 2.28. The largest absolute Gasteiger partial charge is 0.496 e. The number of rotatable bonds is 2. The minimum Gasteiger partial charge on any atom is -0.496 e. The molecule has 0 radical (unpaired) electrons. The van der Waals surface area contributed by atoms with Gasteiger partial charge in [0.15, 0.2) is 0 Å². The molecule has 0 amide bonds. The lowest BCUT2D eigenvalue weighted by atomic mass is 10.1. The molecular formula is C13H16N2O. The van der Waals surface area contributed by atoms with E-state index in [0.717, 1.165) is 40.2 Å². The Kier molecular flexibility index (Phi) is 2.77. The molecule has 1 heterocycles. The first-order valence-electron chi connectivity index (χ1n) is 5.47. The third kappa shape index (κ3) is 1.73. The van der Waals surface area contributed by atoms with Gasteiger partial charge < -0.3 is 4.74 Å². The van der Waals surface area contributed by atoms with Crippen molar-refractivity contribution in [3.63, 3.8) is 0 Å². The Labute approximate surface area is 95.5 Å². The monoisotopic (exact) mass is 216 g/mol. The Morgan fingerprint density at radius 2 is 1.94 bits per heavy atom. The molecule has 2 rings (SSSR count). The number of fused-ring (bicyclic) bond motifs is 1. The van der Waals surface area contributed by atoms with E-state index in [4.69, 9.17) is 4.74 Å². The van der Waals surface area contributed by atoms with E-state index in [9.17, 15) is 0 Å². The van der Waals surface area contributed by atoms with Crippen molar-refractivity contribution in [2.75, 3.05) is 7.11 Å². The lowest BCUT2D eigenvalue weighted by Gasteiger charge is -2.09. The van der Waals surface area contributed by atoms with Gasteiger partial charge in [-0.15, -0.1) is 0 Å². The highest BCUT2D eigenvalue weighted by Crippen LogP contribution is 2.25. The third-order valence-electron chi connectivity index (χ3n) is 2.77. The van der Waals surface area contributed by atoms with E-state index in [1.165, 1.54) is 0 Å². The summed E-state index contributed by atoms with van der Waals surface area (Å²) in [5.41, 5.74) is 3.12. The van der Waals surface area contributed by atoms with Crippen LogP contribution in [0, 0.1) is 13.8 Å².